The Labute approximate surface area is 92.7 Å². The molecular weight excluding hydrogens is 206 g/mol. The molecule has 0 bridgehead atoms. The van der Waals surface area contributed by atoms with Crippen LogP contribution in [0.4, 0.5) is 5.82 Å². The first-order valence-corrected chi connectivity index (χ1v) is 5.03. The molecule has 6 nitrogen and oxygen atoms in total. The molecule has 84 valence electrons. The number of aromatic nitrogens is 4. The monoisotopic (exact) mass is 219 g/mol. The Morgan fingerprint density at radius 2 is 2.38 bits per heavy atom. The number of nitrogens with one attached hydrogen (secondary N) is 2. The van der Waals surface area contributed by atoms with E-state index in [1.807, 2.05) is 6.92 Å². The van der Waals surface area contributed by atoms with E-state index in [0.717, 1.165) is 12.0 Å². The second-order valence-electron chi connectivity index (χ2n) is 3.48. The molecule has 0 saturated carbocycles. The zero-order valence-electron chi connectivity index (χ0n) is 9.19. The number of aryl methyl sites for hydroxylation is 2. The van der Waals surface area contributed by atoms with E-state index in [4.69, 9.17) is 0 Å². The third-order valence-electron chi connectivity index (χ3n) is 2.30. The maximum absolute atomic E-state index is 11.8. The molecule has 0 fully saturated rings. The average Bonchev–Trinajstić information content (AvgIpc) is 2.86. The van der Waals surface area contributed by atoms with Crippen LogP contribution in [0.5, 0.6) is 0 Å². The predicted octanol–water partition coefficient (Wildman–Crippen LogP) is 0.958. The van der Waals surface area contributed by atoms with Gasteiger partial charge in [0.1, 0.15) is 5.82 Å². The molecule has 6 heteroatoms. The Balaban J connectivity index is 2.13. The first-order valence-electron chi connectivity index (χ1n) is 5.03. The number of carbonyl (C=O) groups excluding carboxylic acids is 1. The van der Waals surface area contributed by atoms with Crippen molar-refractivity contribution in [3.8, 4) is 0 Å². The van der Waals surface area contributed by atoms with Crippen LogP contribution in [0.25, 0.3) is 0 Å². The molecule has 0 atom stereocenters. The van der Waals surface area contributed by atoms with Crippen molar-refractivity contribution in [2.75, 3.05) is 5.32 Å². The summed E-state index contributed by atoms with van der Waals surface area (Å²) in [6.07, 6.45) is 5.71. The van der Waals surface area contributed by atoms with Crippen molar-refractivity contribution in [3.63, 3.8) is 0 Å². The van der Waals surface area contributed by atoms with Crippen LogP contribution in [0.1, 0.15) is 22.8 Å². The lowest BCUT2D eigenvalue weighted by Gasteiger charge is -2.02. The third kappa shape index (κ3) is 1.95. The van der Waals surface area contributed by atoms with Crippen molar-refractivity contribution >= 4 is 11.7 Å². The fourth-order valence-corrected chi connectivity index (χ4v) is 1.41. The molecule has 2 heterocycles. The highest BCUT2D eigenvalue weighted by Gasteiger charge is 2.11. The number of H-pyrrole nitrogens is 1. The zero-order valence-corrected chi connectivity index (χ0v) is 9.19. The van der Waals surface area contributed by atoms with Gasteiger partial charge in [-0.3, -0.25) is 14.6 Å². The predicted molar refractivity (Wildman–Crippen MR) is 59.1 cm³/mol. The van der Waals surface area contributed by atoms with Gasteiger partial charge in [0, 0.05) is 18.8 Å². The number of hydrogen-bond donors (Lipinski definition) is 2. The average molecular weight is 219 g/mol. The highest BCUT2D eigenvalue weighted by atomic mass is 16.1. The molecule has 0 aliphatic carbocycles. The molecule has 0 aromatic carbocycles. The van der Waals surface area contributed by atoms with Crippen LogP contribution < -0.4 is 5.32 Å². The van der Waals surface area contributed by atoms with Gasteiger partial charge in [-0.25, -0.2) is 0 Å². The Hall–Kier alpha value is -2.11. The topological polar surface area (TPSA) is 75.6 Å². The summed E-state index contributed by atoms with van der Waals surface area (Å²) >= 11 is 0. The van der Waals surface area contributed by atoms with E-state index in [0.29, 0.717) is 11.4 Å². The zero-order chi connectivity index (χ0) is 11.5. The molecule has 2 rings (SSSR count). The van der Waals surface area contributed by atoms with Gasteiger partial charge < -0.3 is 5.32 Å². The minimum absolute atomic E-state index is 0.188. The molecule has 0 unspecified atom stereocenters. The van der Waals surface area contributed by atoms with Crippen molar-refractivity contribution < 1.29 is 4.79 Å². The Kier molecular flexibility index (Phi) is 2.72. The van der Waals surface area contributed by atoms with E-state index in [9.17, 15) is 4.79 Å². The SMILES string of the molecule is CCc1cn[nH]c1NC(=O)c1cnn(C)c1. The fourth-order valence-electron chi connectivity index (χ4n) is 1.41. The Bertz CT molecular complexity index is 499. The van der Waals surface area contributed by atoms with Gasteiger partial charge in [0.15, 0.2) is 0 Å². The lowest BCUT2D eigenvalue weighted by atomic mass is 10.2. The summed E-state index contributed by atoms with van der Waals surface area (Å²) < 4.78 is 1.59. The first kappa shape index (κ1) is 10.4. The van der Waals surface area contributed by atoms with E-state index in [1.165, 1.54) is 6.20 Å². The lowest BCUT2D eigenvalue weighted by Crippen LogP contribution is -2.12. The third-order valence-corrected chi connectivity index (χ3v) is 2.30. The van der Waals surface area contributed by atoms with E-state index < -0.39 is 0 Å². The number of nitrogens with zero attached hydrogens (tertiary/aromatic N) is 3. The molecule has 0 saturated heterocycles. The van der Waals surface area contributed by atoms with Crippen LogP contribution >= 0.6 is 0 Å². The van der Waals surface area contributed by atoms with Crippen molar-refractivity contribution in [1.29, 1.82) is 0 Å². The van der Waals surface area contributed by atoms with Crippen LogP contribution in [-0.2, 0) is 13.5 Å². The molecule has 0 aliphatic heterocycles. The van der Waals surface area contributed by atoms with E-state index in [2.05, 4.69) is 20.6 Å². The highest BCUT2D eigenvalue weighted by molar-refractivity contribution is 6.03. The number of aromatic amines is 1. The van der Waals surface area contributed by atoms with Gasteiger partial charge in [0.2, 0.25) is 0 Å². The molecule has 0 aliphatic rings. The molecule has 1 amide bonds. The molecule has 2 aromatic heterocycles. The smallest absolute Gasteiger partial charge is 0.259 e. The van der Waals surface area contributed by atoms with Crippen molar-refractivity contribution in [2.24, 2.45) is 7.05 Å². The second-order valence-corrected chi connectivity index (χ2v) is 3.48. The van der Waals surface area contributed by atoms with Crippen LogP contribution in [0.3, 0.4) is 0 Å². The summed E-state index contributed by atoms with van der Waals surface area (Å²) in [5.41, 5.74) is 1.51. The number of rotatable bonds is 3. The molecule has 2 N–H and O–H groups in total. The lowest BCUT2D eigenvalue weighted by molar-refractivity contribution is 0.102. The van der Waals surface area contributed by atoms with Gasteiger partial charge in [-0.1, -0.05) is 6.92 Å². The number of anilines is 1. The minimum Gasteiger partial charge on any atom is -0.307 e. The van der Waals surface area contributed by atoms with Crippen LogP contribution in [0, 0.1) is 0 Å². The first-order chi connectivity index (χ1) is 7.70. The second kappa shape index (κ2) is 4.18. The van der Waals surface area contributed by atoms with Crippen LogP contribution in [0.15, 0.2) is 18.6 Å². The van der Waals surface area contributed by atoms with E-state index >= 15 is 0 Å². The Morgan fingerprint density at radius 1 is 1.56 bits per heavy atom. The summed E-state index contributed by atoms with van der Waals surface area (Å²) in [5.74, 6) is 0.461. The summed E-state index contributed by atoms with van der Waals surface area (Å²) in [5, 5.41) is 13.3. The van der Waals surface area contributed by atoms with Crippen LogP contribution in [-0.4, -0.2) is 25.9 Å². The van der Waals surface area contributed by atoms with Crippen LogP contribution in [0.2, 0.25) is 0 Å². The molecule has 2 aromatic rings. The summed E-state index contributed by atoms with van der Waals surface area (Å²) in [4.78, 5) is 11.8. The summed E-state index contributed by atoms with van der Waals surface area (Å²) in [7, 11) is 1.77. The fraction of sp³-hybridized carbons (Fsp3) is 0.300. The van der Waals surface area contributed by atoms with Gasteiger partial charge in [0.05, 0.1) is 18.0 Å². The van der Waals surface area contributed by atoms with Gasteiger partial charge in [-0.2, -0.15) is 10.2 Å². The van der Waals surface area contributed by atoms with Gasteiger partial charge in [0.25, 0.3) is 5.91 Å². The summed E-state index contributed by atoms with van der Waals surface area (Å²) in [6.45, 7) is 2.00. The standard InChI is InChI=1S/C10H13N5O/c1-3-7-4-11-14-9(7)13-10(16)8-5-12-15(2)6-8/h4-6H,3H2,1-2H3,(H2,11,13,14,16). The number of hydrogen-bond acceptors (Lipinski definition) is 3. The number of carbonyl (C=O) groups is 1. The van der Waals surface area contributed by atoms with Crippen molar-refractivity contribution in [1.82, 2.24) is 20.0 Å². The molecule has 16 heavy (non-hydrogen) atoms. The maximum Gasteiger partial charge on any atom is 0.259 e. The normalized spacial score (nSPS) is 10.4. The summed E-state index contributed by atoms with van der Waals surface area (Å²) in [6, 6.07) is 0. The maximum atomic E-state index is 11.8. The highest BCUT2D eigenvalue weighted by Crippen LogP contribution is 2.12. The van der Waals surface area contributed by atoms with Gasteiger partial charge in [-0.15, -0.1) is 0 Å². The molecular formula is C10H13N5O. The quantitative estimate of drug-likeness (QED) is 0.807. The van der Waals surface area contributed by atoms with Crippen molar-refractivity contribution in [2.45, 2.75) is 13.3 Å². The minimum atomic E-state index is -0.188. The largest absolute Gasteiger partial charge is 0.307 e. The van der Waals surface area contributed by atoms with Crippen molar-refractivity contribution in [3.05, 3.63) is 29.7 Å². The Morgan fingerprint density at radius 3 is 3.00 bits per heavy atom. The van der Waals surface area contributed by atoms with E-state index in [-0.39, 0.29) is 5.91 Å². The molecule has 0 radical (unpaired) electrons. The van der Waals surface area contributed by atoms with Gasteiger partial charge in [-0.05, 0) is 6.42 Å². The number of amides is 1. The molecule has 0 spiro atoms. The van der Waals surface area contributed by atoms with Gasteiger partial charge >= 0.3 is 0 Å². The van der Waals surface area contributed by atoms with E-state index in [1.54, 1.807) is 24.1 Å².